The maximum Gasteiger partial charge on any atom is 0.264 e. The second-order valence-corrected chi connectivity index (χ2v) is 13.0. The highest BCUT2D eigenvalue weighted by molar-refractivity contribution is 9.10. The summed E-state index contributed by atoms with van der Waals surface area (Å²) in [6.45, 7) is 5.49. The molecule has 2 amide bonds. The molecule has 1 atom stereocenters. The molecular formula is C28H30BrCl2N3O4S. The summed E-state index contributed by atoms with van der Waals surface area (Å²) >= 11 is 16.0. The second kappa shape index (κ2) is 13.7. The third kappa shape index (κ3) is 8.20. The Morgan fingerprint density at radius 2 is 1.59 bits per heavy atom. The first kappa shape index (κ1) is 30.9. The standard InChI is InChI=1S/C28H30BrCl2N3O4S/c1-19(2)16-32-28(36)20(3)33(17-21-9-11-22(29)12-10-21)27(35)18-34(26-15-23(30)13-14-25(26)31)39(37,38)24-7-5-4-6-8-24/h4-15,19-20H,16-18H2,1-3H3,(H,32,36)/t20-/m1/s1. The van der Waals surface area contributed by atoms with Gasteiger partial charge in [0.15, 0.2) is 0 Å². The number of benzene rings is 3. The maximum atomic E-state index is 13.9. The van der Waals surface area contributed by atoms with Crippen molar-refractivity contribution < 1.29 is 18.0 Å². The molecule has 0 bridgehead atoms. The number of amides is 2. The molecule has 0 aliphatic carbocycles. The Bertz CT molecular complexity index is 1400. The van der Waals surface area contributed by atoms with Gasteiger partial charge < -0.3 is 10.2 Å². The molecule has 0 aliphatic rings. The highest BCUT2D eigenvalue weighted by Crippen LogP contribution is 2.33. The molecule has 0 heterocycles. The molecule has 11 heteroatoms. The molecule has 0 radical (unpaired) electrons. The van der Waals surface area contributed by atoms with Crippen molar-refractivity contribution in [2.75, 3.05) is 17.4 Å². The highest BCUT2D eigenvalue weighted by Gasteiger charge is 2.33. The smallest absolute Gasteiger partial charge is 0.264 e. The van der Waals surface area contributed by atoms with Crippen LogP contribution in [-0.4, -0.2) is 44.3 Å². The first-order chi connectivity index (χ1) is 18.4. The van der Waals surface area contributed by atoms with E-state index in [1.807, 2.05) is 38.1 Å². The Hall–Kier alpha value is -2.59. The maximum absolute atomic E-state index is 13.9. The molecule has 39 heavy (non-hydrogen) atoms. The number of rotatable bonds is 11. The van der Waals surface area contributed by atoms with Crippen molar-refractivity contribution in [3.63, 3.8) is 0 Å². The lowest BCUT2D eigenvalue weighted by molar-refractivity contribution is -0.139. The van der Waals surface area contributed by atoms with E-state index in [1.165, 1.54) is 35.2 Å². The Labute approximate surface area is 248 Å². The van der Waals surface area contributed by atoms with Crippen molar-refractivity contribution in [1.29, 1.82) is 0 Å². The number of hydrogen-bond acceptors (Lipinski definition) is 4. The number of nitrogens with one attached hydrogen (secondary N) is 1. The van der Waals surface area contributed by atoms with Crippen LogP contribution in [0.3, 0.4) is 0 Å². The van der Waals surface area contributed by atoms with Crippen LogP contribution in [0.5, 0.6) is 0 Å². The first-order valence-corrected chi connectivity index (χ1v) is 15.2. The minimum Gasteiger partial charge on any atom is -0.354 e. The zero-order valence-corrected chi connectivity index (χ0v) is 25.7. The summed E-state index contributed by atoms with van der Waals surface area (Å²) < 4.78 is 29.4. The van der Waals surface area contributed by atoms with Gasteiger partial charge in [0, 0.05) is 22.6 Å². The largest absolute Gasteiger partial charge is 0.354 e. The summed E-state index contributed by atoms with van der Waals surface area (Å²) in [7, 11) is -4.23. The Kier molecular flexibility index (Phi) is 10.8. The predicted octanol–water partition coefficient (Wildman–Crippen LogP) is 6.14. The van der Waals surface area contributed by atoms with E-state index < -0.39 is 28.5 Å². The van der Waals surface area contributed by atoms with Crippen molar-refractivity contribution in [3.8, 4) is 0 Å². The van der Waals surface area contributed by atoms with Gasteiger partial charge in [-0.3, -0.25) is 13.9 Å². The summed E-state index contributed by atoms with van der Waals surface area (Å²) in [5.41, 5.74) is 0.829. The van der Waals surface area contributed by atoms with Crippen LogP contribution in [-0.2, 0) is 26.2 Å². The van der Waals surface area contributed by atoms with Gasteiger partial charge in [-0.05, 0) is 60.9 Å². The molecule has 1 N–H and O–H groups in total. The predicted molar refractivity (Wildman–Crippen MR) is 159 cm³/mol. The van der Waals surface area contributed by atoms with E-state index in [-0.39, 0.29) is 39.0 Å². The van der Waals surface area contributed by atoms with Crippen LogP contribution in [0.25, 0.3) is 0 Å². The number of anilines is 1. The number of sulfonamides is 1. The molecule has 0 saturated heterocycles. The summed E-state index contributed by atoms with van der Waals surface area (Å²) in [6.07, 6.45) is 0. The molecule has 0 spiro atoms. The van der Waals surface area contributed by atoms with E-state index in [0.717, 1.165) is 14.3 Å². The first-order valence-electron chi connectivity index (χ1n) is 12.2. The van der Waals surface area contributed by atoms with Gasteiger partial charge in [-0.2, -0.15) is 0 Å². The van der Waals surface area contributed by atoms with Crippen LogP contribution in [0.2, 0.25) is 10.0 Å². The number of carbonyl (C=O) groups excluding carboxylic acids is 2. The van der Waals surface area contributed by atoms with E-state index in [4.69, 9.17) is 23.2 Å². The van der Waals surface area contributed by atoms with Crippen LogP contribution >= 0.6 is 39.1 Å². The van der Waals surface area contributed by atoms with Crippen LogP contribution in [0.4, 0.5) is 5.69 Å². The van der Waals surface area contributed by atoms with Gasteiger partial charge in [-0.25, -0.2) is 8.42 Å². The molecule has 3 aromatic carbocycles. The topological polar surface area (TPSA) is 86.8 Å². The zero-order chi connectivity index (χ0) is 28.7. The van der Waals surface area contributed by atoms with Crippen molar-refractivity contribution in [3.05, 3.63) is 92.9 Å². The number of halogens is 3. The fourth-order valence-corrected chi connectivity index (χ4v) is 5.88. The molecule has 7 nitrogen and oxygen atoms in total. The van der Waals surface area contributed by atoms with Crippen LogP contribution in [0, 0.1) is 5.92 Å². The van der Waals surface area contributed by atoms with E-state index in [9.17, 15) is 18.0 Å². The van der Waals surface area contributed by atoms with Crippen molar-refractivity contribution in [2.24, 2.45) is 5.92 Å². The van der Waals surface area contributed by atoms with Crippen molar-refractivity contribution in [1.82, 2.24) is 10.2 Å². The summed E-state index contributed by atoms with van der Waals surface area (Å²) in [5.74, 6) is -0.707. The van der Waals surface area contributed by atoms with Crippen LogP contribution in [0.1, 0.15) is 26.3 Å². The minimum atomic E-state index is -4.23. The third-order valence-electron chi connectivity index (χ3n) is 5.90. The number of hydrogen-bond donors (Lipinski definition) is 1. The van der Waals surface area contributed by atoms with E-state index in [1.54, 1.807) is 25.1 Å². The summed E-state index contributed by atoms with van der Waals surface area (Å²) in [4.78, 5) is 28.3. The van der Waals surface area contributed by atoms with Crippen LogP contribution in [0.15, 0.2) is 82.2 Å². The SMILES string of the molecule is CC(C)CNC(=O)[C@@H](C)N(Cc1ccc(Br)cc1)C(=O)CN(c1cc(Cl)ccc1Cl)S(=O)(=O)c1ccccc1. The fourth-order valence-electron chi connectivity index (χ4n) is 3.73. The molecule has 3 rings (SSSR count). The average molecular weight is 655 g/mol. The van der Waals surface area contributed by atoms with Crippen LogP contribution < -0.4 is 9.62 Å². The Balaban J connectivity index is 2.03. The third-order valence-corrected chi connectivity index (χ3v) is 8.76. The average Bonchev–Trinajstić information content (AvgIpc) is 2.91. The highest BCUT2D eigenvalue weighted by atomic mass is 79.9. The molecule has 0 saturated carbocycles. The number of nitrogens with zero attached hydrogens (tertiary/aromatic N) is 2. The zero-order valence-electron chi connectivity index (χ0n) is 21.8. The molecule has 0 aromatic heterocycles. The van der Waals surface area contributed by atoms with Gasteiger partial charge in [0.1, 0.15) is 12.6 Å². The Morgan fingerprint density at radius 1 is 0.949 bits per heavy atom. The molecule has 208 valence electrons. The molecule has 0 aliphatic heterocycles. The van der Waals surface area contributed by atoms with E-state index in [0.29, 0.717) is 6.54 Å². The lowest BCUT2D eigenvalue weighted by atomic mass is 10.1. The lowest BCUT2D eigenvalue weighted by Gasteiger charge is -2.32. The van der Waals surface area contributed by atoms with Crippen molar-refractivity contribution in [2.45, 2.75) is 38.3 Å². The molecule has 0 unspecified atom stereocenters. The monoisotopic (exact) mass is 653 g/mol. The summed E-state index contributed by atoms with van der Waals surface area (Å²) in [5, 5.41) is 3.22. The Morgan fingerprint density at radius 3 is 2.21 bits per heavy atom. The van der Waals surface area contributed by atoms with E-state index in [2.05, 4.69) is 21.2 Å². The molecule has 0 fully saturated rings. The van der Waals surface area contributed by atoms with E-state index >= 15 is 0 Å². The quantitative estimate of drug-likeness (QED) is 0.269. The second-order valence-electron chi connectivity index (χ2n) is 9.38. The van der Waals surface area contributed by atoms with Gasteiger partial charge in [-0.15, -0.1) is 0 Å². The van der Waals surface area contributed by atoms with Gasteiger partial charge in [0.25, 0.3) is 10.0 Å². The lowest BCUT2D eigenvalue weighted by Crippen LogP contribution is -2.51. The van der Waals surface area contributed by atoms with Gasteiger partial charge in [0.2, 0.25) is 11.8 Å². The van der Waals surface area contributed by atoms with Gasteiger partial charge >= 0.3 is 0 Å². The summed E-state index contributed by atoms with van der Waals surface area (Å²) in [6, 6.07) is 18.6. The molecule has 3 aromatic rings. The normalized spacial score (nSPS) is 12.2. The fraction of sp³-hybridized carbons (Fsp3) is 0.286. The minimum absolute atomic E-state index is 0.0176. The van der Waals surface area contributed by atoms with Crippen molar-refractivity contribution >= 4 is 66.7 Å². The molecular weight excluding hydrogens is 625 g/mol. The number of carbonyl (C=O) groups is 2. The van der Waals surface area contributed by atoms with Gasteiger partial charge in [-0.1, -0.05) is 83.3 Å². The van der Waals surface area contributed by atoms with Gasteiger partial charge in [0.05, 0.1) is 15.6 Å².